The Morgan fingerprint density at radius 2 is 1.81 bits per heavy atom. The molecule has 2 aromatic carbocycles. The lowest BCUT2D eigenvalue weighted by atomic mass is 9.56. The molecule has 2 aromatic rings. The zero-order valence-electron chi connectivity index (χ0n) is 22.0. The summed E-state index contributed by atoms with van der Waals surface area (Å²) >= 11 is 0. The average molecular weight is 488 g/mol. The minimum absolute atomic E-state index is 0.186. The Labute approximate surface area is 217 Å². The van der Waals surface area contributed by atoms with Gasteiger partial charge in [0.2, 0.25) is 0 Å². The van der Waals surface area contributed by atoms with E-state index in [0.29, 0.717) is 30.1 Å². The molecule has 5 nitrogen and oxygen atoms in total. The second kappa shape index (κ2) is 11.3. The molecule has 2 heterocycles. The number of methoxy groups -OCH3 is 1. The quantitative estimate of drug-likeness (QED) is 0.477. The van der Waals surface area contributed by atoms with Crippen molar-refractivity contribution in [3.8, 4) is 11.8 Å². The zero-order chi connectivity index (χ0) is 25.0. The summed E-state index contributed by atoms with van der Waals surface area (Å²) in [6.45, 7) is 6.33. The highest BCUT2D eigenvalue weighted by Crippen LogP contribution is 2.53. The van der Waals surface area contributed by atoms with Crippen LogP contribution in [0.2, 0.25) is 0 Å². The van der Waals surface area contributed by atoms with Crippen molar-refractivity contribution in [2.75, 3.05) is 46.9 Å². The van der Waals surface area contributed by atoms with Crippen LogP contribution in [0, 0.1) is 23.2 Å². The van der Waals surface area contributed by atoms with Crippen molar-refractivity contribution in [2.45, 2.75) is 56.6 Å². The highest BCUT2D eigenvalue weighted by atomic mass is 16.5. The van der Waals surface area contributed by atoms with Crippen LogP contribution in [0.3, 0.4) is 0 Å². The Hall–Kier alpha value is -2.39. The first-order valence-corrected chi connectivity index (χ1v) is 13.8. The molecule has 0 amide bonds. The molecular formula is C31H41N3O2. The van der Waals surface area contributed by atoms with Gasteiger partial charge in [0, 0.05) is 32.2 Å². The molecule has 2 aliphatic heterocycles. The Bertz CT molecular complexity index is 1040. The molecular weight excluding hydrogens is 446 g/mol. The number of likely N-dealkylation sites (N-methyl/N-ethyl adjacent to an activating group) is 1. The van der Waals surface area contributed by atoms with Gasteiger partial charge >= 0.3 is 0 Å². The third-order valence-corrected chi connectivity index (χ3v) is 9.09. The predicted molar refractivity (Wildman–Crippen MR) is 143 cm³/mol. The number of fused-ring (bicyclic) bond motifs is 1. The van der Waals surface area contributed by atoms with Crippen molar-refractivity contribution in [3.63, 3.8) is 0 Å². The van der Waals surface area contributed by atoms with Crippen LogP contribution in [-0.2, 0) is 16.7 Å². The molecule has 1 saturated heterocycles. The van der Waals surface area contributed by atoms with Gasteiger partial charge in [0.1, 0.15) is 5.75 Å². The van der Waals surface area contributed by atoms with Crippen LogP contribution in [0.15, 0.2) is 48.5 Å². The number of nitrogens with zero attached hydrogens (tertiary/aromatic N) is 3. The van der Waals surface area contributed by atoms with Gasteiger partial charge in [-0.1, -0.05) is 30.7 Å². The zero-order valence-corrected chi connectivity index (χ0v) is 22.0. The van der Waals surface area contributed by atoms with Crippen molar-refractivity contribution in [1.29, 1.82) is 5.26 Å². The van der Waals surface area contributed by atoms with Crippen LogP contribution in [0.5, 0.6) is 5.75 Å². The number of likely N-dealkylation sites (tertiary alicyclic amines) is 1. The van der Waals surface area contributed by atoms with E-state index in [0.717, 1.165) is 31.8 Å². The average Bonchev–Trinajstić information content (AvgIpc) is 3.41. The van der Waals surface area contributed by atoms with Gasteiger partial charge < -0.3 is 19.3 Å². The Morgan fingerprint density at radius 3 is 2.56 bits per heavy atom. The molecule has 5 heteroatoms. The summed E-state index contributed by atoms with van der Waals surface area (Å²) in [6.07, 6.45) is 7.68. The molecule has 0 aromatic heterocycles. The summed E-state index contributed by atoms with van der Waals surface area (Å²) < 4.78 is 12.0. The maximum Gasteiger partial charge on any atom is 0.119 e. The largest absolute Gasteiger partial charge is 0.494 e. The normalized spacial score (nSPS) is 27.5. The van der Waals surface area contributed by atoms with E-state index in [4.69, 9.17) is 14.7 Å². The molecule has 3 atom stereocenters. The van der Waals surface area contributed by atoms with E-state index in [9.17, 15) is 0 Å². The van der Waals surface area contributed by atoms with Gasteiger partial charge in [-0.15, -0.1) is 0 Å². The molecule has 0 N–H and O–H groups in total. The predicted octanol–water partition coefficient (Wildman–Crippen LogP) is 5.24. The van der Waals surface area contributed by atoms with Gasteiger partial charge in [-0.2, -0.15) is 5.26 Å². The van der Waals surface area contributed by atoms with Crippen LogP contribution in [0.25, 0.3) is 0 Å². The minimum atomic E-state index is 0.186. The van der Waals surface area contributed by atoms with E-state index >= 15 is 0 Å². The maximum atomic E-state index is 8.95. The number of rotatable bonds is 8. The molecule has 0 spiro atoms. The topological polar surface area (TPSA) is 48.7 Å². The number of nitriles is 1. The molecule has 5 rings (SSSR count). The molecule has 0 radical (unpaired) electrons. The first-order chi connectivity index (χ1) is 17.6. The number of ether oxygens (including phenoxy) is 2. The number of hydrogen-bond acceptors (Lipinski definition) is 5. The molecule has 2 fully saturated rings. The highest BCUT2D eigenvalue weighted by molar-refractivity contribution is 5.40. The smallest absolute Gasteiger partial charge is 0.119 e. The van der Waals surface area contributed by atoms with Crippen LogP contribution >= 0.6 is 0 Å². The van der Waals surface area contributed by atoms with Crippen molar-refractivity contribution in [3.05, 3.63) is 65.2 Å². The van der Waals surface area contributed by atoms with Crippen LogP contribution in [0.1, 0.15) is 55.2 Å². The van der Waals surface area contributed by atoms with Gasteiger partial charge in [0.15, 0.2) is 0 Å². The first-order valence-electron chi connectivity index (χ1n) is 13.8. The third kappa shape index (κ3) is 5.05. The molecule has 0 bridgehead atoms. The summed E-state index contributed by atoms with van der Waals surface area (Å²) in [5, 5.41) is 8.95. The van der Waals surface area contributed by atoms with Crippen molar-refractivity contribution in [1.82, 2.24) is 9.80 Å². The number of benzene rings is 2. The summed E-state index contributed by atoms with van der Waals surface area (Å²) in [6, 6.07) is 18.8. The van der Waals surface area contributed by atoms with E-state index in [1.165, 1.54) is 50.8 Å². The summed E-state index contributed by atoms with van der Waals surface area (Å²) in [5.41, 5.74) is 4.00. The van der Waals surface area contributed by atoms with Crippen molar-refractivity contribution >= 4 is 0 Å². The molecule has 3 aliphatic rings. The Morgan fingerprint density at radius 1 is 1.03 bits per heavy atom. The standard InChI is InChI=1S/C31H41N3O2/c1-33-22-25-7-3-4-8-28(25)31(23-33,29-9-5-10-30(29)35-2)26-15-18-34(19-16-26)17-6-20-36-27-13-11-24(21-32)12-14-27/h3-4,7-8,11-14,26,29-30H,5-6,9-10,15-20,22-23H2,1-2H3/t29-,30-,31?/m0/s1. The second-order valence-corrected chi connectivity index (χ2v) is 11.1. The van der Waals surface area contributed by atoms with E-state index in [2.05, 4.69) is 47.2 Å². The van der Waals surface area contributed by atoms with Crippen molar-refractivity contribution in [2.24, 2.45) is 11.8 Å². The van der Waals surface area contributed by atoms with Gasteiger partial charge in [0.05, 0.1) is 24.3 Å². The first kappa shape index (κ1) is 25.3. The van der Waals surface area contributed by atoms with Crippen LogP contribution in [-0.4, -0.2) is 62.8 Å². The van der Waals surface area contributed by atoms with Crippen molar-refractivity contribution < 1.29 is 9.47 Å². The SMILES string of the molecule is CO[C@H]1CCC[C@@H]1C1(C2CCN(CCCOc3ccc(C#N)cc3)CC2)CN(C)Cc2ccccc21. The molecule has 1 saturated carbocycles. The molecule has 192 valence electrons. The maximum absolute atomic E-state index is 8.95. The van der Waals surface area contributed by atoms with E-state index in [1.54, 1.807) is 5.56 Å². The summed E-state index contributed by atoms with van der Waals surface area (Å²) in [4.78, 5) is 5.20. The van der Waals surface area contributed by atoms with E-state index < -0.39 is 0 Å². The van der Waals surface area contributed by atoms with Gasteiger partial charge in [-0.3, -0.25) is 0 Å². The Balaban J connectivity index is 1.24. The minimum Gasteiger partial charge on any atom is -0.494 e. The Kier molecular flexibility index (Phi) is 7.96. The monoisotopic (exact) mass is 487 g/mol. The van der Waals surface area contributed by atoms with E-state index in [1.807, 2.05) is 31.4 Å². The van der Waals surface area contributed by atoms with Gasteiger partial charge in [0.25, 0.3) is 0 Å². The van der Waals surface area contributed by atoms with Gasteiger partial charge in [-0.05, 0) is 99.5 Å². The summed E-state index contributed by atoms with van der Waals surface area (Å²) in [7, 11) is 4.24. The molecule has 36 heavy (non-hydrogen) atoms. The fourth-order valence-electron chi connectivity index (χ4n) is 7.53. The lowest BCUT2D eigenvalue weighted by molar-refractivity contribution is -0.0196. The third-order valence-electron chi connectivity index (χ3n) is 9.09. The molecule has 1 aliphatic carbocycles. The van der Waals surface area contributed by atoms with Crippen LogP contribution in [0.4, 0.5) is 0 Å². The van der Waals surface area contributed by atoms with Gasteiger partial charge in [-0.25, -0.2) is 0 Å². The highest BCUT2D eigenvalue weighted by Gasteiger charge is 2.54. The number of hydrogen-bond donors (Lipinski definition) is 0. The summed E-state index contributed by atoms with van der Waals surface area (Å²) in [5.74, 6) is 2.14. The fourth-order valence-corrected chi connectivity index (χ4v) is 7.53. The van der Waals surface area contributed by atoms with Crippen LogP contribution < -0.4 is 4.74 Å². The second-order valence-electron chi connectivity index (χ2n) is 11.1. The fraction of sp³-hybridized carbons (Fsp3) is 0.581. The lowest BCUT2D eigenvalue weighted by Gasteiger charge is -2.54. The molecule has 1 unspecified atom stereocenters. The number of piperidine rings is 1. The lowest BCUT2D eigenvalue weighted by Crippen LogP contribution is -2.57. The van der Waals surface area contributed by atoms with E-state index in [-0.39, 0.29) is 5.41 Å².